The number of fused-ring (bicyclic) bond motifs is 2. The molecule has 1 amide bonds. The number of benzene rings is 1. The maximum absolute atomic E-state index is 13.1. The number of amides is 1. The number of nitrogens with zero attached hydrogens (tertiary/aromatic N) is 3. The quantitative estimate of drug-likeness (QED) is 0.381. The van der Waals surface area contributed by atoms with E-state index in [0.29, 0.717) is 18.7 Å². The highest BCUT2D eigenvalue weighted by Gasteiger charge is 2.43. The third kappa shape index (κ3) is 5.60. The van der Waals surface area contributed by atoms with Crippen LogP contribution in [0.4, 0.5) is 0 Å². The summed E-state index contributed by atoms with van der Waals surface area (Å²) in [5, 5.41) is 20.2. The molecular formula is C28H30N4O6. The Kier molecular flexibility index (Phi) is 7.24. The van der Waals surface area contributed by atoms with Crippen LogP contribution in [0.2, 0.25) is 0 Å². The molecule has 4 atom stereocenters. The van der Waals surface area contributed by atoms with Crippen LogP contribution in [0.5, 0.6) is 11.8 Å². The highest BCUT2D eigenvalue weighted by molar-refractivity contribution is 5.96. The molecule has 4 unspecified atom stereocenters. The zero-order valence-corrected chi connectivity index (χ0v) is 21.2. The predicted molar refractivity (Wildman–Crippen MR) is 136 cm³/mol. The van der Waals surface area contributed by atoms with E-state index in [1.807, 2.05) is 30.3 Å². The number of pyridine rings is 1. The molecule has 2 bridgehead atoms. The summed E-state index contributed by atoms with van der Waals surface area (Å²) in [4.78, 5) is 28.9. The highest BCUT2D eigenvalue weighted by atomic mass is 16.6. The summed E-state index contributed by atoms with van der Waals surface area (Å²) in [6.45, 7) is 3.62. The van der Waals surface area contributed by atoms with E-state index in [1.54, 1.807) is 32.2 Å². The molecule has 0 radical (unpaired) electrons. The first kappa shape index (κ1) is 25.6. The molecule has 2 heterocycles. The largest absolute Gasteiger partial charge is 0.479 e. The second-order valence-corrected chi connectivity index (χ2v) is 10.3. The van der Waals surface area contributed by atoms with E-state index < -0.39 is 11.6 Å². The zero-order valence-electron chi connectivity index (χ0n) is 21.2. The monoisotopic (exact) mass is 518 g/mol. The number of aliphatic carboxylic acids is 1. The molecule has 2 aromatic heterocycles. The van der Waals surface area contributed by atoms with Crippen LogP contribution in [0.25, 0.3) is 0 Å². The van der Waals surface area contributed by atoms with E-state index in [0.717, 1.165) is 18.4 Å². The predicted octanol–water partition coefficient (Wildman–Crippen LogP) is 4.04. The van der Waals surface area contributed by atoms with Crippen molar-refractivity contribution in [3.05, 3.63) is 77.6 Å². The Labute approximate surface area is 220 Å². The Morgan fingerprint density at radius 1 is 1.05 bits per heavy atom. The van der Waals surface area contributed by atoms with E-state index >= 15 is 0 Å². The fourth-order valence-corrected chi connectivity index (χ4v) is 5.06. The van der Waals surface area contributed by atoms with Gasteiger partial charge in [0.1, 0.15) is 5.56 Å². The van der Waals surface area contributed by atoms with Gasteiger partial charge in [0.05, 0.1) is 6.10 Å². The van der Waals surface area contributed by atoms with Crippen molar-refractivity contribution in [1.29, 1.82) is 0 Å². The molecule has 3 aromatic rings. The number of carbonyl (C=O) groups excluding carboxylic acids is 1. The molecule has 0 aliphatic heterocycles. The molecular weight excluding hydrogens is 488 g/mol. The Morgan fingerprint density at radius 2 is 1.84 bits per heavy atom. The summed E-state index contributed by atoms with van der Waals surface area (Å²) >= 11 is 0. The van der Waals surface area contributed by atoms with Crippen LogP contribution < -0.4 is 10.1 Å². The number of hydrogen-bond acceptors (Lipinski definition) is 8. The minimum Gasteiger partial charge on any atom is -0.479 e. The van der Waals surface area contributed by atoms with Gasteiger partial charge in [-0.2, -0.15) is 0 Å². The molecule has 2 N–H and O–H groups in total. The molecule has 38 heavy (non-hydrogen) atoms. The average molecular weight is 519 g/mol. The lowest BCUT2D eigenvalue weighted by Gasteiger charge is -2.45. The molecule has 10 nitrogen and oxygen atoms in total. The van der Waals surface area contributed by atoms with Crippen LogP contribution in [0.15, 0.2) is 65.4 Å². The lowest BCUT2D eigenvalue weighted by atomic mass is 9.67. The van der Waals surface area contributed by atoms with Crippen molar-refractivity contribution >= 4 is 11.9 Å². The van der Waals surface area contributed by atoms with Crippen LogP contribution in [-0.4, -0.2) is 50.5 Å². The number of aromatic nitrogens is 3. The molecule has 6 rings (SSSR count). The number of hydrogen-bond donors (Lipinski definition) is 2. The number of rotatable bonds is 10. The number of carboxylic acid groups (broad SMARTS) is 1. The maximum Gasteiger partial charge on any atom is 0.335 e. The summed E-state index contributed by atoms with van der Waals surface area (Å²) in [6.07, 6.45) is 7.65. The van der Waals surface area contributed by atoms with Gasteiger partial charge in [0.2, 0.25) is 5.88 Å². The summed E-state index contributed by atoms with van der Waals surface area (Å²) in [6, 6.07) is 13.0. The summed E-state index contributed by atoms with van der Waals surface area (Å²) in [5.74, 6) is -0.480. The summed E-state index contributed by atoms with van der Waals surface area (Å²) in [7, 11) is 0. The Hall–Kier alpha value is -4.05. The van der Waals surface area contributed by atoms with E-state index in [1.165, 1.54) is 0 Å². The van der Waals surface area contributed by atoms with Gasteiger partial charge in [-0.3, -0.25) is 4.79 Å². The van der Waals surface area contributed by atoms with Gasteiger partial charge < -0.3 is 19.9 Å². The van der Waals surface area contributed by atoms with Crippen LogP contribution in [0.1, 0.15) is 48.3 Å². The smallest absolute Gasteiger partial charge is 0.335 e. The molecule has 3 aliphatic rings. The standard InChI is InChI=1S/C28H30N4O6/c1-28(2,27(34)35)37-23-15-18-10-11-19(23)14-20(18)16-30-24(33)21-9-6-12-29-25(21)36-26-22(31-38-32-26)13-17-7-4-3-5-8-17/h3-12,18-20,23H,13-16H2,1-2H3,(H,30,33)(H,34,35). The molecule has 1 fully saturated rings. The normalized spacial score (nSPS) is 22.3. The highest BCUT2D eigenvalue weighted by Crippen LogP contribution is 2.43. The van der Waals surface area contributed by atoms with Crippen LogP contribution >= 0.6 is 0 Å². The maximum atomic E-state index is 13.1. The number of carbonyl (C=O) groups is 2. The fraction of sp³-hybridized carbons (Fsp3) is 0.393. The summed E-state index contributed by atoms with van der Waals surface area (Å²) in [5.41, 5.74) is 0.557. The van der Waals surface area contributed by atoms with Crippen LogP contribution in [0, 0.1) is 17.8 Å². The molecule has 198 valence electrons. The van der Waals surface area contributed by atoms with Crippen molar-refractivity contribution in [3.63, 3.8) is 0 Å². The van der Waals surface area contributed by atoms with E-state index in [-0.39, 0.29) is 47.1 Å². The lowest BCUT2D eigenvalue weighted by Crippen LogP contribution is -2.48. The number of ether oxygens (including phenoxy) is 2. The number of allylic oxidation sites excluding steroid dienone is 1. The van der Waals surface area contributed by atoms with Gasteiger partial charge >= 0.3 is 5.97 Å². The molecule has 10 heteroatoms. The van der Waals surface area contributed by atoms with Gasteiger partial charge in [-0.15, -0.1) is 0 Å². The van der Waals surface area contributed by atoms with Gasteiger partial charge in [-0.05, 0) is 61.4 Å². The van der Waals surface area contributed by atoms with Gasteiger partial charge in [-0.1, -0.05) is 47.6 Å². The second-order valence-electron chi connectivity index (χ2n) is 10.3. The average Bonchev–Trinajstić information content (AvgIpc) is 3.34. The first-order chi connectivity index (χ1) is 18.3. The minimum atomic E-state index is -1.24. The van der Waals surface area contributed by atoms with Crippen molar-refractivity contribution in [2.45, 2.75) is 44.8 Å². The third-order valence-corrected chi connectivity index (χ3v) is 7.20. The topological polar surface area (TPSA) is 137 Å². The first-order valence-electron chi connectivity index (χ1n) is 12.7. The summed E-state index contributed by atoms with van der Waals surface area (Å²) < 4.78 is 16.7. The van der Waals surface area contributed by atoms with Gasteiger partial charge in [0.15, 0.2) is 11.3 Å². The lowest BCUT2D eigenvalue weighted by molar-refractivity contribution is -0.175. The Morgan fingerprint density at radius 3 is 2.58 bits per heavy atom. The Balaban J connectivity index is 1.21. The second kappa shape index (κ2) is 10.7. The zero-order chi connectivity index (χ0) is 26.7. The van der Waals surface area contributed by atoms with Crippen molar-refractivity contribution in [1.82, 2.24) is 20.6 Å². The fourth-order valence-electron chi connectivity index (χ4n) is 5.06. The van der Waals surface area contributed by atoms with Gasteiger partial charge in [0, 0.05) is 25.1 Å². The molecule has 0 spiro atoms. The molecule has 1 saturated carbocycles. The number of nitrogens with one attached hydrogen (secondary N) is 1. The van der Waals surface area contributed by atoms with Crippen molar-refractivity contribution in [2.24, 2.45) is 17.8 Å². The van der Waals surface area contributed by atoms with Crippen LogP contribution in [0.3, 0.4) is 0 Å². The van der Waals surface area contributed by atoms with E-state index in [4.69, 9.17) is 14.1 Å². The van der Waals surface area contributed by atoms with Crippen LogP contribution in [-0.2, 0) is 16.0 Å². The molecule has 0 saturated heterocycles. The Bertz CT molecular complexity index is 1320. The number of carboxylic acids is 1. The van der Waals surface area contributed by atoms with Gasteiger partial charge in [0.25, 0.3) is 11.8 Å². The minimum absolute atomic E-state index is 0.112. The van der Waals surface area contributed by atoms with Crippen molar-refractivity contribution in [2.75, 3.05) is 6.54 Å². The van der Waals surface area contributed by atoms with E-state index in [9.17, 15) is 14.7 Å². The molecule has 1 aromatic carbocycles. The SMILES string of the molecule is CC(C)(OC1CC2C=CC1CC2CNC(=O)c1cccnc1Oc1nonc1Cc1ccccc1)C(=O)O. The van der Waals surface area contributed by atoms with Gasteiger partial charge in [-0.25, -0.2) is 14.4 Å². The van der Waals surface area contributed by atoms with Crippen molar-refractivity contribution < 1.29 is 28.8 Å². The molecule has 3 aliphatic carbocycles. The van der Waals surface area contributed by atoms with Crippen molar-refractivity contribution in [3.8, 4) is 11.8 Å². The third-order valence-electron chi connectivity index (χ3n) is 7.20. The van der Waals surface area contributed by atoms with E-state index in [2.05, 4.69) is 32.8 Å². The first-order valence-corrected chi connectivity index (χ1v) is 12.7.